The molecule has 1 aliphatic rings. The highest BCUT2D eigenvalue weighted by Crippen LogP contribution is 2.44. The van der Waals surface area contributed by atoms with E-state index in [-0.39, 0.29) is 5.54 Å². The molecule has 0 heterocycles. The van der Waals surface area contributed by atoms with E-state index >= 15 is 0 Å². The minimum atomic E-state index is -0.222. The molecule has 0 spiro atoms. The van der Waals surface area contributed by atoms with Crippen LogP contribution in [0, 0.1) is 5.92 Å². The first kappa shape index (κ1) is 18.5. The normalized spacial score (nSPS) is 19.6. The molecule has 3 heteroatoms. The SMILES string of the molecule is CCC[C@](Nc1ccc(OC)cc1)(c1ccccc1)C1CCCC(=O)C1. The Morgan fingerprint density at radius 2 is 1.85 bits per heavy atom. The Morgan fingerprint density at radius 3 is 2.46 bits per heavy atom. The first-order valence-electron chi connectivity index (χ1n) is 9.67. The topological polar surface area (TPSA) is 38.3 Å². The third-order valence-corrected chi connectivity index (χ3v) is 5.57. The van der Waals surface area contributed by atoms with E-state index in [0.717, 1.165) is 43.5 Å². The van der Waals surface area contributed by atoms with Gasteiger partial charge in [-0.2, -0.15) is 0 Å². The van der Waals surface area contributed by atoms with Crippen molar-refractivity contribution in [2.75, 3.05) is 12.4 Å². The van der Waals surface area contributed by atoms with Gasteiger partial charge in [0.05, 0.1) is 12.6 Å². The first-order valence-corrected chi connectivity index (χ1v) is 9.67. The molecule has 0 radical (unpaired) electrons. The van der Waals surface area contributed by atoms with Crippen LogP contribution < -0.4 is 10.1 Å². The van der Waals surface area contributed by atoms with Gasteiger partial charge in [0, 0.05) is 18.5 Å². The van der Waals surface area contributed by atoms with Crippen molar-refractivity contribution in [2.45, 2.75) is 51.0 Å². The minimum Gasteiger partial charge on any atom is -0.497 e. The number of ketones is 1. The van der Waals surface area contributed by atoms with Gasteiger partial charge in [-0.05, 0) is 55.0 Å². The number of anilines is 1. The molecule has 138 valence electrons. The Bertz CT molecular complexity index is 711. The number of Topliss-reactive ketones (excluding diaryl/α,β-unsaturated/α-hetero) is 1. The summed E-state index contributed by atoms with van der Waals surface area (Å²) in [4.78, 5) is 12.2. The van der Waals surface area contributed by atoms with E-state index in [9.17, 15) is 4.79 Å². The molecule has 2 aromatic rings. The highest BCUT2D eigenvalue weighted by atomic mass is 16.5. The maximum absolute atomic E-state index is 12.2. The average Bonchev–Trinajstić information content (AvgIpc) is 2.69. The number of nitrogens with one attached hydrogen (secondary N) is 1. The molecule has 0 aliphatic heterocycles. The second kappa shape index (κ2) is 8.39. The first-order chi connectivity index (χ1) is 12.7. The lowest BCUT2D eigenvalue weighted by molar-refractivity contribution is -0.122. The third-order valence-electron chi connectivity index (χ3n) is 5.57. The summed E-state index contributed by atoms with van der Waals surface area (Å²) in [7, 11) is 1.68. The summed E-state index contributed by atoms with van der Waals surface area (Å²) < 4.78 is 5.29. The molecule has 1 fully saturated rings. The largest absolute Gasteiger partial charge is 0.497 e. The van der Waals surface area contributed by atoms with E-state index < -0.39 is 0 Å². The molecule has 3 nitrogen and oxygen atoms in total. The van der Waals surface area contributed by atoms with Crippen LogP contribution in [-0.4, -0.2) is 12.9 Å². The quantitative estimate of drug-likeness (QED) is 0.709. The van der Waals surface area contributed by atoms with Gasteiger partial charge in [-0.3, -0.25) is 4.79 Å². The monoisotopic (exact) mass is 351 g/mol. The summed E-state index contributed by atoms with van der Waals surface area (Å²) in [5, 5.41) is 3.84. The molecule has 1 N–H and O–H groups in total. The predicted octanol–water partition coefficient (Wildman–Crippen LogP) is 5.56. The van der Waals surface area contributed by atoms with Crippen molar-refractivity contribution in [3.05, 3.63) is 60.2 Å². The smallest absolute Gasteiger partial charge is 0.133 e. The lowest BCUT2D eigenvalue weighted by Gasteiger charge is -2.44. The summed E-state index contributed by atoms with van der Waals surface area (Å²) in [6.45, 7) is 2.22. The van der Waals surface area contributed by atoms with Crippen molar-refractivity contribution >= 4 is 11.5 Å². The van der Waals surface area contributed by atoms with E-state index in [1.807, 2.05) is 12.1 Å². The van der Waals surface area contributed by atoms with Crippen LogP contribution in [0.1, 0.15) is 51.0 Å². The van der Waals surface area contributed by atoms with Gasteiger partial charge in [-0.25, -0.2) is 0 Å². The van der Waals surface area contributed by atoms with Gasteiger partial charge < -0.3 is 10.1 Å². The van der Waals surface area contributed by atoms with E-state index in [0.29, 0.717) is 18.1 Å². The van der Waals surface area contributed by atoms with Crippen LogP contribution >= 0.6 is 0 Å². The standard InChI is InChI=1S/C23H29NO2/c1-3-16-23(18-8-5-4-6-9-18,19-10-7-11-21(25)17-19)24-20-12-14-22(26-2)15-13-20/h4-6,8-9,12-15,19,24H,3,7,10-11,16-17H2,1-2H3/t19?,23-/m0/s1. The molecular weight excluding hydrogens is 322 g/mol. The summed E-state index contributed by atoms with van der Waals surface area (Å²) in [6, 6.07) is 18.7. The van der Waals surface area contributed by atoms with Crippen LogP contribution in [0.15, 0.2) is 54.6 Å². The van der Waals surface area contributed by atoms with Gasteiger partial charge in [0.2, 0.25) is 0 Å². The van der Waals surface area contributed by atoms with Crippen molar-refractivity contribution in [1.82, 2.24) is 0 Å². The molecule has 2 aromatic carbocycles. The number of hydrogen-bond donors (Lipinski definition) is 1. The third kappa shape index (κ3) is 3.92. The fourth-order valence-electron chi connectivity index (χ4n) is 4.33. The Balaban J connectivity index is 2.01. The molecule has 1 aliphatic carbocycles. The minimum absolute atomic E-state index is 0.222. The van der Waals surface area contributed by atoms with E-state index in [1.54, 1.807) is 7.11 Å². The predicted molar refractivity (Wildman–Crippen MR) is 107 cm³/mol. The Morgan fingerprint density at radius 1 is 1.12 bits per heavy atom. The summed E-state index contributed by atoms with van der Waals surface area (Å²) >= 11 is 0. The molecule has 3 rings (SSSR count). The molecule has 1 unspecified atom stereocenters. The van der Waals surface area contributed by atoms with Crippen LogP contribution in [0.5, 0.6) is 5.75 Å². The fourth-order valence-corrected chi connectivity index (χ4v) is 4.33. The number of rotatable bonds is 7. The number of hydrogen-bond acceptors (Lipinski definition) is 3. The van der Waals surface area contributed by atoms with Gasteiger partial charge in [-0.1, -0.05) is 43.7 Å². The zero-order valence-electron chi connectivity index (χ0n) is 15.8. The van der Waals surface area contributed by atoms with Crippen molar-refractivity contribution in [1.29, 1.82) is 0 Å². The number of methoxy groups -OCH3 is 1. The molecule has 26 heavy (non-hydrogen) atoms. The number of benzene rings is 2. The van der Waals surface area contributed by atoms with Gasteiger partial charge in [0.15, 0.2) is 0 Å². The van der Waals surface area contributed by atoms with E-state index in [1.165, 1.54) is 5.56 Å². The average molecular weight is 351 g/mol. The van der Waals surface area contributed by atoms with Crippen molar-refractivity contribution in [3.8, 4) is 5.75 Å². The Labute approximate surface area is 156 Å². The number of ether oxygens (including phenoxy) is 1. The number of carbonyl (C=O) groups is 1. The second-order valence-corrected chi connectivity index (χ2v) is 7.27. The van der Waals surface area contributed by atoms with Gasteiger partial charge >= 0.3 is 0 Å². The van der Waals surface area contributed by atoms with E-state index in [2.05, 4.69) is 54.7 Å². The van der Waals surface area contributed by atoms with Crippen LogP contribution in [0.3, 0.4) is 0 Å². The van der Waals surface area contributed by atoms with Crippen LogP contribution in [0.2, 0.25) is 0 Å². The lowest BCUT2D eigenvalue weighted by Crippen LogP contribution is -2.45. The Kier molecular flexibility index (Phi) is 5.97. The molecule has 0 amide bonds. The highest BCUT2D eigenvalue weighted by molar-refractivity contribution is 5.79. The van der Waals surface area contributed by atoms with Crippen molar-refractivity contribution in [3.63, 3.8) is 0 Å². The van der Waals surface area contributed by atoms with Gasteiger partial charge in [-0.15, -0.1) is 0 Å². The summed E-state index contributed by atoms with van der Waals surface area (Å²) in [6.07, 6.45) is 5.54. The molecule has 0 bridgehead atoms. The zero-order chi connectivity index (χ0) is 18.4. The molecule has 0 aromatic heterocycles. The molecule has 0 saturated heterocycles. The molecular formula is C23H29NO2. The maximum atomic E-state index is 12.2. The van der Waals surface area contributed by atoms with Crippen molar-refractivity contribution < 1.29 is 9.53 Å². The van der Waals surface area contributed by atoms with Crippen LogP contribution in [-0.2, 0) is 10.3 Å². The van der Waals surface area contributed by atoms with E-state index in [4.69, 9.17) is 4.74 Å². The van der Waals surface area contributed by atoms with Gasteiger partial charge in [0.25, 0.3) is 0 Å². The summed E-state index contributed by atoms with van der Waals surface area (Å²) in [5.41, 5.74) is 2.12. The second-order valence-electron chi connectivity index (χ2n) is 7.27. The maximum Gasteiger partial charge on any atom is 0.133 e. The Hall–Kier alpha value is -2.29. The lowest BCUT2D eigenvalue weighted by atomic mass is 9.68. The van der Waals surface area contributed by atoms with Crippen molar-refractivity contribution in [2.24, 2.45) is 5.92 Å². The van der Waals surface area contributed by atoms with Gasteiger partial charge in [0.1, 0.15) is 11.5 Å². The highest BCUT2D eigenvalue weighted by Gasteiger charge is 2.41. The fraction of sp³-hybridized carbons (Fsp3) is 0.435. The zero-order valence-corrected chi connectivity index (χ0v) is 15.8. The summed E-state index contributed by atoms with van der Waals surface area (Å²) in [5.74, 6) is 1.56. The van der Waals surface area contributed by atoms with Crippen LogP contribution in [0.4, 0.5) is 5.69 Å². The molecule has 1 saturated carbocycles. The van der Waals surface area contributed by atoms with Crippen LogP contribution in [0.25, 0.3) is 0 Å². The number of carbonyl (C=O) groups excluding carboxylic acids is 1. The molecule has 2 atom stereocenters.